The SMILES string of the molecule is CN1C(=O)C(c2cc(F)c(F)c(-c3ccnnc3)c2)(c2cccc(C(F)F)n2)N=C1N. The highest BCUT2D eigenvalue weighted by Crippen LogP contribution is 2.41. The predicted molar refractivity (Wildman–Crippen MR) is 102 cm³/mol. The average Bonchev–Trinajstić information content (AvgIpc) is 3.01. The number of pyridine rings is 1. The van der Waals surface area contributed by atoms with Crippen LogP contribution < -0.4 is 5.73 Å². The molecule has 31 heavy (non-hydrogen) atoms. The molecule has 0 saturated heterocycles. The smallest absolute Gasteiger partial charge is 0.280 e. The van der Waals surface area contributed by atoms with Gasteiger partial charge in [-0.05, 0) is 35.9 Å². The lowest BCUT2D eigenvalue weighted by Gasteiger charge is -2.26. The van der Waals surface area contributed by atoms with Crippen LogP contribution in [-0.2, 0) is 10.3 Å². The maximum absolute atomic E-state index is 14.6. The van der Waals surface area contributed by atoms with Gasteiger partial charge in [-0.2, -0.15) is 10.2 Å². The van der Waals surface area contributed by atoms with Gasteiger partial charge in [0, 0.05) is 18.2 Å². The first-order valence-corrected chi connectivity index (χ1v) is 8.91. The van der Waals surface area contributed by atoms with Gasteiger partial charge in [-0.1, -0.05) is 6.07 Å². The summed E-state index contributed by atoms with van der Waals surface area (Å²) < 4.78 is 55.8. The van der Waals surface area contributed by atoms with Gasteiger partial charge in [0.25, 0.3) is 12.3 Å². The first-order valence-electron chi connectivity index (χ1n) is 8.91. The minimum Gasteiger partial charge on any atom is -0.369 e. The lowest BCUT2D eigenvalue weighted by molar-refractivity contribution is -0.129. The zero-order valence-corrected chi connectivity index (χ0v) is 15.9. The second kappa shape index (κ2) is 7.42. The summed E-state index contributed by atoms with van der Waals surface area (Å²) in [6.07, 6.45) is -0.423. The molecule has 2 aromatic heterocycles. The number of benzene rings is 1. The van der Waals surface area contributed by atoms with Crippen molar-refractivity contribution in [1.29, 1.82) is 0 Å². The number of hydrogen-bond donors (Lipinski definition) is 1. The van der Waals surface area contributed by atoms with Crippen molar-refractivity contribution in [3.05, 3.63) is 77.4 Å². The van der Waals surface area contributed by atoms with Crippen LogP contribution in [0.15, 0.2) is 53.8 Å². The van der Waals surface area contributed by atoms with Crippen LogP contribution in [0, 0.1) is 11.6 Å². The summed E-state index contributed by atoms with van der Waals surface area (Å²) in [6, 6.07) is 7.03. The van der Waals surface area contributed by atoms with Crippen molar-refractivity contribution in [2.24, 2.45) is 10.7 Å². The number of guanidine groups is 1. The minimum atomic E-state index is -2.92. The zero-order chi connectivity index (χ0) is 22.3. The Morgan fingerprint density at radius 3 is 2.52 bits per heavy atom. The molecule has 4 rings (SSSR count). The van der Waals surface area contributed by atoms with E-state index in [1.54, 1.807) is 0 Å². The fourth-order valence-corrected chi connectivity index (χ4v) is 3.38. The third-order valence-electron chi connectivity index (χ3n) is 4.95. The average molecular weight is 430 g/mol. The summed E-state index contributed by atoms with van der Waals surface area (Å²) >= 11 is 0. The van der Waals surface area contributed by atoms with E-state index in [1.807, 2.05) is 0 Å². The molecular weight excluding hydrogens is 416 g/mol. The van der Waals surface area contributed by atoms with Crippen molar-refractivity contribution in [3.8, 4) is 11.1 Å². The third kappa shape index (κ3) is 3.18. The molecule has 3 heterocycles. The summed E-state index contributed by atoms with van der Waals surface area (Å²) in [4.78, 5) is 22.3. The maximum atomic E-state index is 14.6. The monoisotopic (exact) mass is 430 g/mol. The van der Waals surface area contributed by atoms with E-state index in [9.17, 15) is 22.4 Å². The van der Waals surface area contributed by atoms with Crippen molar-refractivity contribution in [1.82, 2.24) is 20.1 Å². The standard InChI is InChI=1S/C20H14F4N6O/c1-30-18(31)20(29-19(30)25,15-4-2-3-14(28-15)17(23)24)11-7-12(16(22)13(21)8-11)10-5-6-26-27-9-10/h2-9,17H,1H3,(H2,25,29). The Hall–Kier alpha value is -3.89. The Morgan fingerprint density at radius 2 is 1.90 bits per heavy atom. The molecule has 1 unspecified atom stereocenters. The number of carbonyl (C=O) groups is 1. The maximum Gasteiger partial charge on any atom is 0.280 e. The highest BCUT2D eigenvalue weighted by Gasteiger charge is 2.51. The summed E-state index contributed by atoms with van der Waals surface area (Å²) in [6.45, 7) is 0. The molecule has 7 nitrogen and oxygen atoms in total. The van der Waals surface area contributed by atoms with Gasteiger partial charge in [-0.25, -0.2) is 27.5 Å². The molecule has 158 valence electrons. The molecule has 0 radical (unpaired) electrons. The van der Waals surface area contributed by atoms with Crippen molar-refractivity contribution >= 4 is 11.9 Å². The van der Waals surface area contributed by atoms with Gasteiger partial charge >= 0.3 is 0 Å². The molecule has 0 fully saturated rings. The number of aromatic nitrogens is 3. The number of hydrogen-bond acceptors (Lipinski definition) is 6. The van der Waals surface area contributed by atoms with Crippen molar-refractivity contribution in [2.75, 3.05) is 7.05 Å². The summed E-state index contributed by atoms with van der Waals surface area (Å²) in [5, 5.41) is 7.24. The number of nitrogens with two attached hydrogens (primary N) is 1. The summed E-state index contributed by atoms with van der Waals surface area (Å²) in [5.74, 6) is -3.44. The van der Waals surface area contributed by atoms with Crippen LogP contribution in [-0.4, -0.2) is 39.0 Å². The minimum absolute atomic E-state index is 0.130. The molecule has 3 aromatic rings. The van der Waals surface area contributed by atoms with Crippen LogP contribution in [0.3, 0.4) is 0 Å². The molecule has 1 aliphatic rings. The van der Waals surface area contributed by atoms with E-state index >= 15 is 0 Å². The Balaban J connectivity index is 2.02. The molecule has 1 aliphatic heterocycles. The Bertz CT molecular complexity index is 1200. The van der Waals surface area contributed by atoms with E-state index in [2.05, 4.69) is 20.2 Å². The van der Waals surface area contributed by atoms with Crippen molar-refractivity contribution < 1.29 is 22.4 Å². The van der Waals surface area contributed by atoms with Crippen LogP contribution in [0.25, 0.3) is 11.1 Å². The number of carbonyl (C=O) groups excluding carboxylic acids is 1. The van der Waals surface area contributed by atoms with E-state index in [-0.39, 0.29) is 28.3 Å². The van der Waals surface area contributed by atoms with Gasteiger partial charge in [0.1, 0.15) is 5.69 Å². The molecule has 1 aromatic carbocycles. The number of amides is 1. The van der Waals surface area contributed by atoms with Gasteiger partial charge in [0.05, 0.1) is 18.1 Å². The second-order valence-corrected chi connectivity index (χ2v) is 6.74. The quantitative estimate of drug-likeness (QED) is 0.642. The number of aliphatic imine (C=N–C) groups is 1. The lowest BCUT2D eigenvalue weighted by Crippen LogP contribution is -2.41. The molecule has 2 N–H and O–H groups in total. The van der Waals surface area contributed by atoms with Gasteiger partial charge in [-0.15, -0.1) is 0 Å². The Morgan fingerprint density at radius 1 is 1.13 bits per heavy atom. The number of alkyl halides is 2. The molecule has 1 amide bonds. The molecular formula is C20H14F4N6O. The van der Waals surface area contributed by atoms with E-state index in [4.69, 9.17) is 5.73 Å². The molecule has 11 heteroatoms. The van der Waals surface area contributed by atoms with Gasteiger partial charge in [-0.3, -0.25) is 9.69 Å². The van der Waals surface area contributed by atoms with Crippen LogP contribution in [0.2, 0.25) is 0 Å². The molecule has 0 bridgehead atoms. The van der Waals surface area contributed by atoms with E-state index in [1.165, 1.54) is 43.7 Å². The van der Waals surface area contributed by atoms with Crippen LogP contribution in [0.4, 0.5) is 17.6 Å². The first-order chi connectivity index (χ1) is 14.8. The first kappa shape index (κ1) is 20.4. The van der Waals surface area contributed by atoms with Crippen LogP contribution in [0.1, 0.15) is 23.4 Å². The van der Waals surface area contributed by atoms with Gasteiger partial charge in [0.15, 0.2) is 17.6 Å². The van der Waals surface area contributed by atoms with E-state index < -0.39 is 35.2 Å². The molecule has 0 spiro atoms. The number of rotatable bonds is 4. The van der Waals surface area contributed by atoms with Gasteiger partial charge in [0.2, 0.25) is 5.54 Å². The zero-order valence-electron chi connectivity index (χ0n) is 15.9. The molecule has 1 atom stereocenters. The van der Waals surface area contributed by atoms with Gasteiger partial charge < -0.3 is 5.73 Å². The normalized spacial score (nSPS) is 18.6. The van der Waals surface area contributed by atoms with Crippen molar-refractivity contribution in [2.45, 2.75) is 12.0 Å². The predicted octanol–water partition coefficient (Wildman–Crippen LogP) is 2.78. The fourth-order valence-electron chi connectivity index (χ4n) is 3.38. The number of halogens is 4. The van der Waals surface area contributed by atoms with E-state index in [0.29, 0.717) is 0 Å². The summed E-state index contributed by atoms with van der Waals surface area (Å²) in [5.41, 5.74) is 2.79. The number of nitrogens with zero attached hydrogens (tertiary/aromatic N) is 5. The Kier molecular flexibility index (Phi) is 4.88. The highest BCUT2D eigenvalue weighted by molar-refractivity contribution is 6.08. The van der Waals surface area contributed by atoms with Crippen molar-refractivity contribution in [3.63, 3.8) is 0 Å². The Labute approximate surface area is 173 Å². The highest BCUT2D eigenvalue weighted by atomic mass is 19.3. The van der Waals surface area contributed by atoms with Crippen LogP contribution >= 0.6 is 0 Å². The van der Waals surface area contributed by atoms with Crippen LogP contribution in [0.5, 0.6) is 0 Å². The molecule has 0 saturated carbocycles. The largest absolute Gasteiger partial charge is 0.369 e. The van der Waals surface area contributed by atoms with E-state index in [0.717, 1.165) is 17.0 Å². The second-order valence-electron chi connectivity index (χ2n) is 6.74. The molecule has 0 aliphatic carbocycles. The lowest BCUT2D eigenvalue weighted by atomic mass is 9.84. The number of likely N-dealkylation sites (N-methyl/N-ethyl adjacent to an activating group) is 1. The summed E-state index contributed by atoms with van der Waals surface area (Å²) in [7, 11) is 1.33. The third-order valence-corrected chi connectivity index (χ3v) is 4.95. The topological polar surface area (TPSA) is 97.4 Å². The fraction of sp³-hybridized carbons (Fsp3) is 0.150.